The van der Waals surface area contributed by atoms with Crippen LogP contribution in [0.4, 0.5) is 0 Å². The molecule has 0 bridgehead atoms. The molecule has 2 aromatic rings. The number of nitrogens with one attached hydrogen (secondary N) is 2. The Balaban J connectivity index is 1.78. The monoisotopic (exact) mass is 344 g/mol. The third-order valence-electron chi connectivity index (χ3n) is 4.08. The van der Waals surface area contributed by atoms with Crippen LogP contribution in [0, 0.1) is 0 Å². The van der Waals surface area contributed by atoms with Crippen LogP contribution in [0.15, 0.2) is 51.9 Å². The summed E-state index contributed by atoms with van der Waals surface area (Å²) < 4.78 is 0. The Kier molecular flexibility index (Phi) is 3.86. The average Bonchev–Trinajstić information content (AvgIpc) is 3.20. The first-order chi connectivity index (χ1) is 10.8. The summed E-state index contributed by atoms with van der Waals surface area (Å²) in [5, 5.41) is 11.8. The molecule has 1 aliphatic carbocycles. The van der Waals surface area contributed by atoms with Crippen LogP contribution in [0.25, 0.3) is 6.08 Å². The second kappa shape index (κ2) is 5.99. The standard InChI is InChI=1S/C17H16N2S3/c20-17-18-15-11(10-12-5-2-8-21-12)4-1-6-13(15)16(19-17)14-7-3-9-22-14/h2-3,5,7-10,16H,1,4,6H2,(H2,18,19,20)/b11-10-/t16-/m0/s1. The Morgan fingerprint density at radius 1 is 1.14 bits per heavy atom. The van der Waals surface area contributed by atoms with Gasteiger partial charge in [0, 0.05) is 15.5 Å². The Bertz CT molecular complexity index is 739. The Morgan fingerprint density at radius 2 is 2.00 bits per heavy atom. The minimum atomic E-state index is 0.232. The topological polar surface area (TPSA) is 24.1 Å². The van der Waals surface area contributed by atoms with Gasteiger partial charge in [0.15, 0.2) is 5.11 Å². The first kappa shape index (κ1) is 14.2. The van der Waals surface area contributed by atoms with Crippen molar-refractivity contribution < 1.29 is 0 Å². The highest BCUT2D eigenvalue weighted by molar-refractivity contribution is 7.80. The highest BCUT2D eigenvalue weighted by atomic mass is 32.1. The molecular weight excluding hydrogens is 328 g/mol. The molecule has 2 aromatic heterocycles. The van der Waals surface area contributed by atoms with Crippen molar-refractivity contribution >= 4 is 46.1 Å². The van der Waals surface area contributed by atoms with Crippen molar-refractivity contribution in [1.82, 2.24) is 10.6 Å². The molecule has 4 rings (SSSR count). The fourth-order valence-corrected chi connectivity index (χ4v) is 4.84. The van der Waals surface area contributed by atoms with E-state index < -0.39 is 0 Å². The van der Waals surface area contributed by atoms with Gasteiger partial charge in [-0.25, -0.2) is 0 Å². The van der Waals surface area contributed by atoms with Gasteiger partial charge in [0.2, 0.25) is 0 Å². The number of hydrogen-bond acceptors (Lipinski definition) is 3. The lowest BCUT2D eigenvalue weighted by Gasteiger charge is -2.35. The fourth-order valence-electron chi connectivity index (χ4n) is 3.13. The van der Waals surface area contributed by atoms with E-state index in [0.717, 1.165) is 18.0 Å². The van der Waals surface area contributed by atoms with Crippen molar-refractivity contribution in [2.24, 2.45) is 0 Å². The van der Waals surface area contributed by atoms with Crippen LogP contribution in [0.3, 0.4) is 0 Å². The third-order valence-corrected chi connectivity index (χ3v) is 6.06. The number of thiocarbonyl (C=S) groups is 1. The maximum atomic E-state index is 5.45. The van der Waals surface area contributed by atoms with Gasteiger partial charge in [0.25, 0.3) is 0 Å². The van der Waals surface area contributed by atoms with E-state index in [-0.39, 0.29) is 6.04 Å². The normalized spacial score (nSPS) is 23.2. The Hall–Kier alpha value is -1.43. The number of allylic oxidation sites excluding steroid dienone is 1. The second-order valence-corrected chi connectivity index (χ2v) is 7.85. The Morgan fingerprint density at radius 3 is 2.77 bits per heavy atom. The van der Waals surface area contributed by atoms with Gasteiger partial charge in [-0.05, 0) is 71.6 Å². The molecule has 0 fully saturated rings. The lowest BCUT2D eigenvalue weighted by atomic mass is 9.85. The SMILES string of the molecule is S=C1NC2=C(CCC/C2=C/c2cccs2)[C@@H](c2cccs2)N1. The molecule has 2 nitrogen and oxygen atoms in total. The van der Waals surface area contributed by atoms with Gasteiger partial charge in [-0.2, -0.15) is 0 Å². The van der Waals surface area contributed by atoms with E-state index in [2.05, 4.69) is 51.7 Å². The molecule has 0 saturated heterocycles. The van der Waals surface area contributed by atoms with Crippen molar-refractivity contribution in [1.29, 1.82) is 0 Å². The summed E-state index contributed by atoms with van der Waals surface area (Å²) in [5.74, 6) is 0. The highest BCUT2D eigenvalue weighted by Crippen LogP contribution is 2.39. The zero-order valence-electron chi connectivity index (χ0n) is 12.0. The van der Waals surface area contributed by atoms with E-state index >= 15 is 0 Å². The van der Waals surface area contributed by atoms with Crippen molar-refractivity contribution in [2.75, 3.05) is 0 Å². The lowest BCUT2D eigenvalue weighted by molar-refractivity contribution is 0.615. The van der Waals surface area contributed by atoms with Crippen molar-refractivity contribution in [3.63, 3.8) is 0 Å². The van der Waals surface area contributed by atoms with Gasteiger partial charge in [-0.3, -0.25) is 0 Å². The molecule has 0 saturated carbocycles. The quantitative estimate of drug-likeness (QED) is 0.762. The minimum Gasteiger partial charge on any atom is -0.351 e. The summed E-state index contributed by atoms with van der Waals surface area (Å²) in [6.45, 7) is 0. The highest BCUT2D eigenvalue weighted by Gasteiger charge is 2.30. The van der Waals surface area contributed by atoms with Crippen LogP contribution in [-0.2, 0) is 0 Å². The van der Waals surface area contributed by atoms with E-state index in [1.165, 1.54) is 33.0 Å². The van der Waals surface area contributed by atoms with Gasteiger partial charge >= 0.3 is 0 Å². The van der Waals surface area contributed by atoms with E-state index in [1.807, 2.05) is 0 Å². The van der Waals surface area contributed by atoms with E-state index in [1.54, 1.807) is 22.7 Å². The smallest absolute Gasteiger partial charge is 0.171 e. The average molecular weight is 345 g/mol. The number of rotatable bonds is 2. The summed E-state index contributed by atoms with van der Waals surface area (Å²) in [5.41, 5.74) is 4.08. The summed E-state index contributed by atoms with van der Waals surface area (Å²) >= 11 is 9.02. The summed E-state index contributed by atoms with van der Waals surface area (Å²) in [7, 11) is 0. The van der Waals surface area contributed by atoms with Gasteiger partial charge in [0.1, 0.15) is 0 Å². The van der Waals surface area contributed by atoms with Crippen molar-refractivity contribution in [3.05, 3.63) is 61.6 Å². The lowest BCUT2D eigenvalue weighted by Crippen LogP contribution is -2.44. The van der Waals surface area contributed by atoms with Crippen LogP contribution in [0.5, 0.6) is 0 Å². The van der Waals surface area contributed by atoms with Crippen molar-refractivity contribution in [2.45, 2.75) is 25.3 Å². The molecule has 1 aliphatic heterocycles. The fraction of sp³-hybridized carbons (Fsp3) is 0.235. The molecule has 2 aliphatic rings. The van der Waals surface area contributed by atoms with Crippen LogP contribution in [0.1, 0.15) is 35.1 Å². The minimum absolute atomic E-state index is 0.232. The van der Waals surface area contributed by atoms with Crippen LogP contribution in [0.2, 0.25) is 0 Å². The maximum Gasteiger partial charge on any atom is 0.171 e. The zero-order chi connectivity index (χ0) is 14.9. The van der Waals surface area contributed by atoms with Gasteiger partial charge in [-0.1, -0.05) is 12.1 Å². The zero-order valence-corrected chi connectivity index (χ0v) is 14.4. The molecule has 0 amide bonds. The Labute approximate surface area is 143 Å². The predicted molar refractivity (Wildman–Crippen MR) is 99.1 cm³/mol. The summed E-state index contributed by atoms with van der Waals surface area (Å²) in [6.07, 6.45) is 5.76. The molecule has 0 unspecified atom stereocenters. The molecule has 1 atom stereocenters. The maximum absolute atomic E-state index is 5.45. The molecule has 0 spiro atoms. The van der Waals surface area contributed by atoms with E-state index in [0.29, 0.717) is 0 Å². The van der Waals surface area contributed by atoms with Crippen LogP contribution < -0.4 is 10.6 Å². The predicted octanol–water partition coefficient (Wildman–Crippen LogP) is 4.85. The first-order valence-electron chi connectivity index (χ1n) is 7.39. The van der Waals surface area contributed by atoms with Gasteiger partial charge < -0.3 is 10.6 Å². The van der Waals surface area contributed by atoms with Gasteiger partial charge in [-0.15, -0.1) is 22.7 Å². The molecule has 0 radical (unpaired) electrons. The van der Waals surface area contributed by atoms with Crippen LogP contribution >= 0.6 is 34.9 Å². The molecular formula is C17H16N2S3. The van der Waals surface area contributed by atoms with Crippen molar-refractivity contribution in [3.8, 4) is 0 Å². The molecule has 2 N–H and O–H groups in total. The van der Waals surface area contributed by atoms with Gasteiger partial charge in [0.05, 0.1) is 6.04 Å². The molecule has 0 aromatic carbocycles. The number of hydrogen-bond donors (Lipinski definition) is 2. The van der Waals surface area contributed by atoms with E-state index in [9.17, 15) is 0 Å². The summed E-state index contributed by atoms with van der Waals surface area (Å²) in [4.78, 5) is 2.65. The first-order valence-corrected chi connectivity index (χ1v) is 9.56. The van der Waals surface area contributed by atoms with E-state index in [4.69, 9.17) is 12.2 Å². The second-order valence-electron chi connectivity index (χ2n) is 5.49. The molecule has 3 heterocycles. The number of thiophene rings is 2. The molecule has 5 heteroatoms. The van der Waals surface area contributed by atoms with Crippen LogP contribution in [-0.4, -0.2) is 5.11 Å². The third kappa shape index (κ3) is 2.64. The summed E-state index contributed by atoms with van der Waals surface area (Å²) in [6, 6.07) is 8.80. The molecule has 22 heavy (non-hydrogen) atoms. The largest absolute Gasteiger partial charge is 0.351 e. The molecule has 112 valence electrons.